The summed E-state index contributed by atoms with van der Waals surface area (Å²) in [5.74, 6) is 1.63. The van der Waals surface area contributed by atoms with E-state index in [9.17, 15) is 4.79 Å². The van der Waals surface area contributed by atoms with E-state index in [2.05, 4.69) is 4.90 Å². The molecule has 7 nitrogen and oxygen atoms in total. The highest BCUT2D eigenvalue weighted by Gasteiger charge is 2.34. The number of hydrazone groups is 1. The lowest BCUT2D eigenvalue weighted by Crippen LogP contribution is -2.43. The van der Waals surface area contributed by atoms with Crippen LogP contribution >= 0.6 is 0 Å². The molecule has 1 amide bonds. The summed E-state index contributed by atoms with van der Waals surface area (Å²) in [6.45, 7) is 5.79. The third kappa shape index (κ3) is 5.06. The molecule has 1 unspecified atom stereocenters. The van der Waals surface area contributed by atoms with Crippen LogP contribution < -0.4 is 9.47 Å². The fraction of sp³-hybridized carbons (Fsp3) is 0.417. The summed E-state index contributed by atoms with van der Waals surface area (Å²) in [5.41, 5.74) is 2.95. The van der Waals surface area contributed by atoms with Gasteiger partial charge in [0, 0.05) is 19.5 Å². The van der Waals surface area contributed by atoms with Gasteiger partial charge in [-0.1, -0.05) is 12.1 Å². The zero-order chi connectivity index (χ0) is 21.6. The summed E-state index contributed by atoms with van der Waals surface area (Å²) in [7, 11) is 1.65. The average molecular weight is 424 g/mol. The van der Waals surface area contributed by atoms with Crippen molar-refractivity contribution in [1.29, 1.82) is 0 Å². The lowest BCUT2D eigenvalue weighted by Gasteiger charge is -2.29. The topological polar surface area (TPSA) is 63.6 Å². The van der Waals surface area contributed by atoms with E-state index in [4.69, 9.17) is 19.3 Å². The Morgan fingerprint density at radius 3 is 2.39 bits per heavy atom. The van der Waals surface area contributed by atoms with Crippen molar-refractivity contribution in [2.24, 2.45) is 5.10 Å². The minimum absolute atomic E-state index is 0.00398. The van der Waals surface area contributed by atoms with Crippen LogP contribution in [0.15, 0.2) is 53.6 Å². The van der Waals surface area contributed by atoms with Gasteiger partial charge in [0.15, 0.2) is 0 Å². The van der Waals surface area contributed by atoms with Crippen LogP contribution in [-0.2, 0) is 9.53 Å². The molecule has 0 aromatic heterocycles. The van der Waals surface area contributed by atoms with Crippen molar-refractivity contribution >= 4 is 11.6 Å². The van der Waals surface area contributed by atoms with Crippen LogP contribution in [0.3, 0.4) is 0 Å². The second-order valence-corrected chi connectivity index (χ2v) is 7.62. The Bertz CT molecular complexity index is 905. The van der Waals surface area contributed by atoms with Crippen molar-refractivity contribution in [3.8, 4) is 11.5 Å². The highest BCUT2D eigenvalue weighted by atomic mass is 16.5. The number of carbonyl (C=O) groups excluding carboxylic acids is 1. The zero-order valence-corrected chi connectivity index (χ0v) is 18.1. The predicted octanol–water partition coefficient (Wildman–Crippen LogP) is 3.10. The number of benzene rings is 2. The minimum Gasteiger partial charge on any atom is -0.497 e. The van der Waals surface area contributed by atoms with Gasteiger partial charge >= 0.3 is 0 Å². The van der Waals surface area contributed by atoms with E-state index in [0.717, 1.165) is 41.4 Å². The zero-order valence-electron chi connectivity index (χ0n) is 18.1. The maximum atomic E-state index is 13.2. The first-order valence-corrected chi connectivity index (χ1v) is 10.7. The molecule has 2 aliphatic rings. The summed E-state index contributed by atoms with van der Waals surface area (Å²) in [5, 5.41) is 6.42. The van der Waals surface area contributed by atoms with Crippen LogP contribution in [0.5, 0.6) is 11.5 Å². The van der Waals surface area contributed by atoms with E-state index >= 15 is 0 Å². The van der Waals surface area contributed by atoms with E-state index in [1.165, 1.54) is 0 Å². The summed E-state index contributed by atoms with van der Waals surface area (Å²) >= 11 is 0. The van der Waals surface area contributed by atoms with E-state index in [1.54, 1.807) is 12.1 Å². The molecule has 0 bridgehead atoms. The molecule has 164 valence electrons. The van der Waals surface area contributed by atoms with Crippen molar-refractivity contribution in [2.45, 2.75) is 19.4 Å². The Morgan fingerprint density at radius 1 is 1.06 bits per heavy atom. The molecule has 2 aliphatic heterocycles. The molecule has 0 spiro atoms. The number of ether oxygens (including phenoxy) is 3. The number of nitrogens with zero attached hydrogens (tertiary/aromatic N) is 3. The SMILES string of the molecule is CCOc1ccc(C2CC(c3ccc(OC)cc3)=NN2C(=O)CN2CCOCC2)cc1. The van der Waals surface area contributed by atoms with Gasteiger partial charge in [0.2, 0.25) is 0 Å². The smallest absolute Gasteiger partial charge is 0.257 e. The van der Waals surface area contributed by atoms with Crippen LogP contribution in [0.4, 0.5) is 0 Å². The fourth-order valence-electron chi connectivity index (χ4n) is 3.93. The van der Waals surface area contributed by atoms with Gasteiger partial charge in [-0.2, -0.15) is 5.10 Å². The summed E-state index contributed by atoms with van der Waals surface area (Å²) in [4.78, 5) is 15.4. The average Bonchev–Trinajstić information content (AvgIpc) is 3.26. The van der Waals surface area contributed by atoms with Crippen LogP contribution in [0.2, 0.25) is 0 Å². The number of amides is 1. The van der Waals surface area contributed by atoms with E-state index < -0.39 is 0 Å². The number of hydrogen-bond donors (Lipinski definition) is 0. The molecule has 4 rings (SSSR count). The maximum Gasteiger partial charge on any atom is 0.257 e. The van der Waals surface area contributed by atoms with Gasteiger partial charge in [-0.3, -0.25) is 9.69 Å². The maximum absolute atomic E-state index is 13.2. The molecule has 2 aromatic carbocycles. The van der Waals surface area contributed by atoms with Gasteiger partial charge in [-0.05, 0) is 54.4 Å². The Balaban J connectivity index is 1.57. The van der Waals surface area contributed by atoms with Crippen molar-refractivity contribution in [1.82, 2.24) is 9.91 Å². The fourth-order valence-corrected chi connectivity index (χ4v) is 3.93. The Labute approximate surface area is 183 Å². The molecular formula is C24H29N3O4. The number of carbonyl (C=O) groups is 1. The van der Waals surface area contributed by atoms with Gasteiger partial charge in [-0.25, -0.2) is 5.01 Å². The molecule has 31 heavy (non-hydrogen) atoms. The Kier molecular flexibility index (Phi) is 6.84. The van der Waals surface area contributed by atoms with Crippen molar-refractivity contribution < 1.29 is 19.0 Å². The second kappa shape index (κ2) is 9.94. The Hall–Kier alpha value is -2.90. The molecule has 1 saturated heterocycles. The number of hydrogen-bond acceptors (Lipinski definition) is 6. The third-order valence-electron chi connectivity index (χ3n) is 5.63. The van der Waals surface area contributed by atoms with E-state index in [-0.39, 0.29) is 11.9 Å². The first-order chi connectivity index (χ1) is 15.2. The van der Waals surface area contributed by atoms with E-state index in [0.29, 0.717) is 32.8 Å². The van der Waals surface area contributed by atoms with Crippen LogP contribution in [0.25, 0.3) is 0 Å². The summed E-state index contributed by atoms with van der Waals surface area (Å²) < 4.78 is 16.2. The van der Waals surface area contributed by atoms with Gasteiger partial charge < -0.3 is 14.2 Å². The standard InChI is InChI=1S/C24H29N3O4/c1-3-31-21-10-6-19(7-11-21)23-16-22(18-4-8-20(29-2)9-5-18)25-27(23)24(28)17-26-12-14-30-15-13-26/h4-11,23H,3,12-17H2,1-2H3. The molecule has 2 heterocycles. The highest BCUT2D eigenvalue weighted by molar-refractivity contribution is 6.03. The van der Waals surface area contributed by atoms with Crippen molar-refractivity contribution in [2.75, 3.05) is 46.6 Å². The van der Waals surface area contributed by atoms with Gasteiger partial charge in [-0.15, -0.1) is 0 Å². The molecule has 1 fully saturated rings. The number of methoxy groups -OCH3 is 1. The van der Waals surface area contributed by atoms with Gasteiger partial charge in [0.1, 0.15) is 11.5 Å². The second-order valence-electron chi connectivity index (χ2n) is 7.62. The quantitative estimate of drug-likeness (QED) is 0.685. The normalized spacial score (nSPS) is 19.2. The van der Waals surface area contributed by atoms with Crippen LogP contribution in [0, 0.1) is 0 Å². The first-order valence-electron chi connectivity index (χ1n) is 10.7. The van der Waals surface area contributed by atoms with Gasteiger partial charge in [0.25, 0.3) is 5.91 Å². The largest absolute Gasteiger partial charge is 0.497 e. The van der Waals surface area contributed by atoms with Crippen molar-refractivity contribution in [3.63, 3.8) is 0 Å². The number of morpholine rings is 1. The lowest BCUT2D eigenvalue weighted by molar-refractivity contribution is -0.135. The van der Waals surface area contributed by atoms with Crippen LogP contribution in [0.1, 0.15) is 30.5 Å². The molecule has 2 aromatic rings. The number of rotatable bonds is 7. The lowest BCUT2D eigenvalue weighted by atomic mass is 9.98. The summed E-state index contributed by atoms with van der Waals surface area (Å²) in [6, 6.07) is 15.6. The molecule has 0 N–H and O–H groups in total. The van der Waals surface area contributed by atoms with Gasteiger partial charge in [0.05, 0.1) is 45.2 Å². The third-order valence-corrected chi connectivity index (χ3v) is 5.63. The molecule has 0 radical (unpaired) electrons. The first kappa shape index (κ1) is 21.3. The molecular weight excluding hydrogens is 394 g/mol. The Morgan fingerprint density at radius 2 is 1.74 bits per heavy atom. The molecule has 0 saturated carbocycles. The molecule has 1 atom stereocenters. The molecule has 0 aliphatic carbocycles. The monoisotopic (exact) mass is 423 g/mol. The minimum atomic E-state index is -0.138. The van der Waals surface area contributed by atoms with Crippen molar-refractivity contribution in [3.05, 3.63) is 59.7 Å². The highest BCUT2D eigenvalue weighted by Crippen LogP contribution is 2.34. The van der Waals surface area contributed by atoms with Crippen LogP contribution in [-0.4, -0.2) is 68.1 Å². The van der Waals surface area contributed by atoms with E-state index in [1.807, 2.05) is 55.5 Å². The summed E-state index contributed by atoms with van der Waals surface area (Å²) in [6.07, 6.45) is 0.662. The predicted molar refractivity (Wildman–Crippen MR) is 119 cm³/mol. The molecule has 7 heteroatoms.